The Morgan fingerprint density at radius 2 is 1.69 bits per heavy atom. The van der Waals surface area contributed by atoms with Crippen LogP contribution in [0.15, 0.2) is 30.3 Å². The number of fused-ring (bicyclic) bond motifs is 1. The number of benzene rings is 1. The summed E-state index contributed by atoms with van der Waals surface area (Å²) in [4.78, 5) is 31.9. The summed E-state index contributed by atoms with van der Waals surface area (Å²) in [6.45, 7) is 7.84. The lowest BCUT2D eigenvalue weighted by molar-refractivity contribution is 0.191. The molecule has 2 saturated heterocycles. The summed E-state index contributed by atoms with van der Waals surface area (Å²) in [5.74, 6) is 1.91. The van der Waals surface area contributed by atoms with Gasteiger partial charge < -0.3 is 24.9 Å². The van der Waals surface area contributed by atoms with Crippen LogP contribution in [0.2, 0.25) is 0 Å². The molecule has 0 saturated carbocycles. The van der Waals surface area contributed by atoms with Crippen molar-refractivity contribution in [3.63, 3.8) is 0 Å². The Kier molecular flexibility index (Phi) is 6.12. The molecule has 4 heterocycles. The molecule has 3 aliphatic rings. The van der Waals surface area contributed by atoms with Gasteiger partial charge in [0.25, 0.3) is 0 Å². The minimum absolute atomic E-state index is 0.0209. The minimum atomic E-state index is -0.0209. The first kappa shape index (κ1) is 21.0. The Morgan fingerprint density at radius 3 is 2.44 bits per heavy atom. The van der Waals surface area contributed by atoms with E-state index in [1.165, 1.54) is 12.8 Å². The van der Waals surface area contributed by atoms with Crippen LogP contribution < -0.4 is 15.1 Å². The molecular weight excluding hydrogens is 402 g/mol. The van der Waals surface area contributed by atoms with E-state index in [0.29, 0.717) is 19.6 Å². The summed E-state index contributed by atoms with van der Waals surface area (Å²) in [6.07, 6.45) is 3.19. The number of piperazine rings is 1. The maximum absolute atomic E-state index is 12.9. The van der Waals surface area contributed by atoms with Gasteiger partial charge >= 0.3 is 6.03 Å². The maximum Gasteiger partial charge on any atom is 0.317 e. The number of hydrogen-bond acceptors (Lipinski definition) is 6. The van der Waals surface area contributed by atoms with E-state index >= 15 is 0 Å². The van der Waals surface area contributed by atoms with Gasteiger partial charge in [-0.2, -0.15) is 4.98 Å². The Labute approximate surface area is 190 Å². The van der Waals surface area contributed by atoms with Crippen LogP contribution in [0.4, 0.5) is 16.6 Å². The van der Waals surface area contributed by atoms with Gasteiger partial charge in [0.15, 0.2) is 0 Å². The monoisotopic (exact) mass is 435 g/mol. The van der Waals surface area contributed by atoms with E-state index in [1.54, 1.807) is 0 Å². The third kappa shape index (κ3) is 4.50. The molecule has 0 bridgehead atoms. The van der Waals surface area contributed by atoms with Crippen LogP contribution in [0.5, 0.6) is 0 Å². The molecule has 0 unspecified atom stereocenters. The second-order valence-electron chi connectivity index (χ2n) is 9.07. The van der Waals surface area contributed by atoms with Crippen LogP contribution in [0, 0.1) is 0 Å². The lowest BCUT2D eigenvalue weighted by atomic mass is 10.1. The van der Waals surface area contributed by atoms with E-state index < -0.39 is 0 Å². The lowest BCUT2D eigenvalue weighted by Gasteiger charge is -2.37. The Bertz CT molecular complexity index is 937. The van der Waals surface area contributed by atoms with Gasteiger partial charge in [-0.1, -0.05) is 30.3 Å². The molecule has 32 heavy (non-hydrogen) atoms. The van der Waals surface area contributed by atoms with E-state index in [9.17, 15) is 4.79 Å². The van der Waals surface area contributed by atoms with Crippen molar-refractivity contribution in [3.8, 4) is 0 Å². The molecule has 8 heteroatoms. The maximum atomic E-state index is 12.9. The average molecular weight is 436 g/mol. The largest absolute Gasteiger partial charge is 0.354 e. The molecule has 170 valence electrons. The van der Waals surface area contributed by atoms with Gasteiger partial charge in [-0.3, -0.25) is 0 Å². The Hall–Kier alpha value is -2.87. The van der Waals surface area contributed by atoms with Crippen LogP contribution in [0.3, 0.4) is 0 Å². The summed E-state index contributed by atoms with van der Waals surface area (Å²) in [7, 11) is 2.17. The molecule has 3 aliphatic heterocycles. The van der Waals surface area contributed by atoms with Crippen molar-refractivity contribution < 1.29 is 4.79 Å². The van der Waals surface area contributed by atoms with Gasteiger partial charge in [0, 0.05) is 64.3 Å². The van der Waals surface area contributed by atoms with E-state index in [2.05, 4.69) is 27.1 Å². The van der Waals surface area contributed by atoms with E-state index in [4.69, 9.17) is 9.97 Å². The first-order valence-corrected chi connectivity index (χ1v) is 11.8. The van der Waals surface area contributed by atoms with Gasteiger partial charge in [0.05, 0.1) is 12.2 Å². The van der Waals surface area contributed by atoms with Gasteiger partial charge in [0.1, 0.15) is 5.82 Å². The molecule has 1 N–H and O–H groups in total. The molecule has 0 radical (unpaired) electrons. The number of hydrogen-bond donors (Lipinski definition) is 1. The molecule has 0 aliphatic carbocycles. The number of carbonyl (C=O) groups is 1. The van der Waals surface area contributed by atoms with E-state index in [0.717, 1.165) is 74.3 Å². The smallest absolute Gasteiger partial charge is 0.317 e. The summed E-state index contributed by atoms with van der Waals surface area (Å²) in [6, 6.07) is 10.0. The zero-order valence-electron chi connectivity index (χ0n) is 19.0. The summed E-state index contributed by atoms with van der Waals surface area (Å²) in [5.41, 5.74) is 3.34. The second kappa shape index (κ2) is 9.32. The third-order valence-electron chi connectivity index (χ3n) is 6.79. The van der Waals surface area contributed by atoms with Crippen molar-refractivity contribution in [1.82, 2.24) is 25.1 Å². The number of carbonyl (C=O) groups excluding carboxylic acids is 1. The standard InChI is InChI=1S/C24H33N7O/c1-28-13-15-29(16-14-28)22-20-18-31(24(32)25-17-19-7-3-2-4-8-19)12-9-21(20)26-23(27-22)30-10-5-6-11-30/h2-4,7-8H,5-6,9-18H2,1H3,(H,25,32). The first-order chi connectivity index (χ1) is 15.7. The van der Waals surface area contributed by atoms with Crippen molar-refractivity contribution in [2.24, 2.45) is 0 Å². The zero-order valence-corrected chi connectivity index (χ0v) is 19.0. The van der Waals surface area contributed by atoms with E-state index in [1.807, 2.05) is 35.2 Å². The van der Waals surface area contributed by atoms with Crippen molar-refractivity contribution >= 4 is 17.8 Å². The molecule has 2 fully saturated rings. The predicted octanol–water partition coefficient (Wildman–Crippen LogP) is 2.10. The highest BCUT2D eigenvalue weighted by atomic mass is 16.2. The van der Waals surface area contributed by atoms with Crippen molar-refractivity contribution in [2.45, 2.75) is 32.4 Å². The van der Waals surface area contributed by atoms with Gasteiger partial charge in [-0.05, 0) is 25.5 Å². The number of nitrogens with one attached hydrogen (secondary N) is 1. The van der Waals surface area contributed by atoms with Crippen molar-refractivity contribution in [2.75, 3.05) is 62.7 Å². The average Bonchev–Trinajstić information content (AvgIpc) is 3.38. The topological polar surface area (TPSA) is 67.8 Å². The molecule has 0 spiro atoms. The predicted molar refractivity (Wildman–Crippen MR) is 126 cm³/mol. The molecule has 5 rings (SSSR count). The number of aromatic nitrogens is 2. The molecule has 1 aromatic carbocycles. The highest BCUT2D eigenvalue weighted by Crippen LogP contribution is 2.30. The van der Waals surface area contributed by atoms with Crippen LogP contribution in [-0.2, 0) is 19.5 Å². The number of nitrogens with zero attached hydrogens (tertiary/aromatic N) is 6. The van der Waals surface area contributed by atoms with Gasteiger partial charge in [0.2, 0.25) is 5.95 Å². The summed E-state index contributed by atoms with van der Waals surface area (Å²) in [5, 5.41) is 3.08. The summed E-state index contributed by atoms with van der Waals surface area (Å²) >= 11 is 0. The zero-order chi connectivity index (χ0) is 21.9. The lowest BCUT2D eigenvalue weighted by Crippen LogP contribution is -2.47. The molecule has 0 atom stereocenters. The van der Waals surface area contributed by atoms with Gasteiger partial charge in [-0.15, -0.1) is 0 Å². The fourth-order valence-corrected chi connectivity index (χ4v) is 4.78. The van der Waals surface area contributed by atoms with Crippen LogP contribution >= 0.6 is 0 Å². The molecular formula is C24H33N7O. The molecule has 2 aromatic rings. The third-order valence-corrected chi connectivity index (χ3v) is 6.79. The highest BCUT2D eigenvalue weighted by molar-refractivity contribution is 5.75. The number of rotatable bonds is 4. The Morgan fingerprint density at radius 1 is 0.938 bits per heavy atom. The van der Waals surface area contributed by atoms with Crippen molar-refractivity contribution in [1.29, 1.82) is 0 Å². The number of anilines is 2. The molecule has 2 amide bonds. The van der Waals surface area contributed by atoms with Crippen LogP contribution in [-0.4, -0.2) is 78.7 Å². The fraction of sp³-hybridized carbons (Fsp3) is 0.542. The molecule has 1 aromatic heterocycles. The van der Waals surface area contributed by atoms with Crippen LogP contribution in [0.25, 0.3) is 0 Å². The normalized spacial score (nSPS) is 19.2. The number of amides is 2. The summed E-state index contributed by atoms with van der Waals surface area (Å²) < 4.78 is 0. The highest BCUT2D eigenvalue weighted by Gasteiger charge is 2.30. The minimum Gasteiger partial charge on any atom is -0.354 e. The number of urea groups is 1. The number of likely N-dealkylation sites (N-methyl/N-ethyl adjacent to an activating group) is 1. The Balaban J connectivity index is 1.36. The van der Waals surface area contributed by atoms with Crippen molar-refractivity contribution in [3.05, 3.63) is 47.2 Å². The fourth-order valence-electron chi connectivity index (χ4n) is 4.78. The first-order valence-electron chi connectivity index (χ1n) is 11.8. The quantitative estimate of drug-likeness (QED) is 0.793. The SMILES string of the molecule is CN1CCN(c2nc(N3CCCC3)nc3c2CN(C(=O)NCc2ccccc2)CC3)CC1. The van der Waals surface area contributed by atoms with Gasteiger partial charge in [-0.25, -0.2) is 9.78 Å². The second-order valence-corrected chi connectivity index (χ2v) is 9.07. The molecule has 8 nitrogen and oxygen atoms in total. The van der Waals surface area contributed by atoms with Crippen LogP contribution in [0.1, 0.15) is 29.7 Å². The van der Waals surface area contributed by atoms with E-state index in [-0.39, 0.29) is 6.03 Å².